The number of hydrogen-bond acceptors (Lipinski definition) is 2. The van der Waals surface area contributed by atoms with Crippen LogP contribution in [0.4, 0.5) is 8.78 Å². The molecular weight excluding hydrogens is 234 g/mol. The Hall–Kier alpha value is -1.10. The topological polar surface area (TPSA) is 37.3 Å². The largest absolute Gasteiger partial charge is 0.480 e. The Labute approximate surface area is 96.7 Å². The van der Waals surface area contributed by atoms with Gasteiger partial charge in [0.25, 0.3) is 0 Å². The quantitative estimate of drug-likeness (QED) is 0.810. The van der Waals surface area contributed by atoms with E-state index in [0.717, 1.165) is 30.3 Å². The molecule has 0 radical (unpaired) electrons. The zero-order valence-electron chi connectivity index (χ0n) is 8.74. The van der Waals surface area contributed by atoms with E-state index < -0.39 is 22.9 Å². The zero-order chi connectivity index (χ0) is 12.1. The number of benzene rings is 1. The molecule has 0 aliphatic carbocycles. The van der Waals surface area contributed by atoms with Gasteiger partial charge in [-0.3, -0.25) is 4.79 Å². The Kier molecular flexibility index (Phi) is 4.73. The number of hydrogen-bond donors (Lipinski definition) is 1. The van der Waals surface area contributed by atoms with Gasteiger partial charge in [-0.25, -0.2) is 8.78 Å². The number of carboxylic acids is 1. The van der Waals surface area contributed by atoms with Crippen molar-refractivity contribution in [1.82, 2.24) is 0 Å². The normalized spacial score (nSPS) is 12.4. The molecule has 0 aliphatic heterocycles. The molecule has 0 spiro atoms. The first-order valence-electron chi connectivity index (χ1n) is 4.89. The van der Waals surface area contributed by atoms with E-state index in [1.807, 2.05) is 6.92 Å². The van der Waals surface area contributed by atoms with Gasteiger partial charge in [0, 0.05) is 4.90 Å². The third-order valence-corrected chi connectivity index (χ3v) is 3.24. The van der Waals surface area contributed by atoms with Crippen molar-refractivity contribution in [2.75, 3.05) is 0 Å². The Bertz CT molecular complexity index is 382. The summed E-state index contributed by atoms with van der Waals surface area (Å²) in [5, 5.41) is 8.29. The molecule has 0 saturated heterocycles. The Morgan fingerprint density at radius 2 is 2.12 bits per heavy atom. The van der Waals surface area contributed by atoms with Crippen molar-refractivity contribution in [2.45, 2.75) is 29.9 Å². The average Bonchev–Trinajstić information content (AvgIpc) is 2.22. The van der Waals surface area contributed by atoms with Gasteiger partial charge in [0.05, 0.1) is 0 Å². The van der Waals surface area contributed by atoms with Crippen LogP contribution < -0.4 is 0 Å². The maximum Gasteiger partial charge on any atom is 0.316 e. The smallest absolute Gasteiger partial charge is 0.316 e. The Balaban J connectivity index is 2.77. The Morgan fingerprint density at radius 1 is 1.44 bits per heavy atom. The lowest BCUT2D eigenvalue weighted by atomic mass is 10.2. The minimum Gasteiger partial charge on any atom is -0.480 e. The third kappa shape index (κ3) is 3.48. The van der Waals surface area contributed by atoms with E-state index in [1.165, 1.54) is 6.07 Å². The van der Waals surface area contributed by atoms with Crippen molar-refractivity contribution >= 4 is 17.7 Å². The van der Waals surface area contributed by atoms with E-state index in [1.54, 1.807) is 0 Å². The van der Waals surface area contributed by atoms with Crippen LogP contribution in [-0.4, -0.2) is 16.3 Å². The van der Waals surface area contributed by atoms with E-state index in [2.05, 4.69) is 0 Å². The highest BCUT2D eigenvalue weighted by Gasteiger charge is 2.18. The van der Waals surface area contributed by atoms with Crippen molar-refractivity contribution in [2.24, 2.45) is 0 Å². The summed E-state index contributed by atoms with van der Waals surface area (Å²) in [6.07, 6.45) is 1.23. The number of halogens is 2. The van der Waals surface area contributed by atoms with Crippen molar-refractivity contribution in [1.29, 1.82) is 0 Å². The van der Waals surface area contributed by atoms with Gasteiger partial charge in [-0.1, -0.05) is 13.3 Å². The monoisotopic (exact) mass is 246 g/mol. The van der Waals surface area contributed by atoms with Crippen LogP contribution in [0.15, 0.2) is 23.1 Å². The molecule has 0 aliphatic rings. The standard InChI is InChI=1S/C11H12F2O2S/c1-2-3-10(11(14)15)16-7-4-5-8(12)9(13)6-7/h4-6,10H,2-3H2,1H3,(H,14,15). The first-order chi connectivity index (χ1) is 7.54. The van der Waals surface area contributed by atoms with Crippen LogP contribution in [0.25, 0.3) is 0 Å². The summed E-state index contributed by atoms with van der Waals surface area (Å²) >= 11 is 1.04. The van der Waals surface area contributed by atoms with Gasteiger partial charge >= 0.3 is 5.97 Å². The predicted molar refractivity (Wildman–Crippen MR) is 58.5 cm³/mol. The molecule has 1 aromatic rings. The van der Waals surface area contributed by atoms with Crippen molar-refractivity contribution in [3.8, 4) is 0 Å². The van der Waals surface area contributed by atoms with Crippen molar-refractivity contribution in [3.63, 3.8) is 0 Å². The second-order valence-electron chi connectivity index (χ2n) is 3.31. The molecule has 16 heavy (non-hydrogen) atoms. The highest BCUT2D eigenvalue weighted by molar-refractivity contribution is 8.00. The summed E-state index contributed by atoms with van der Waals surface area (Å²) in [4.78, 5) is 11.3. The molecule has 1 aromatic carbocycles. The van der Waals surface area contributed by atoms with Crippen LogP contribution in [0.3, 0.4) is 0 Å². The van der Waals surface area contributed by atoms with Gasteiger partial charge in [0.15, 0.2) is 11.6 Å². The highest BCUT2D eigenvalue weighted by atomic mass is 32.2. The van der Waals surface area contributed by atoms with Crippen molar-refractivity contribution < 1.29 is 18.7 Å². The van der Waals surface area contributed by atoms with Crippen LogP contribution in [0.2, 0.25) is 0 Å². The molecule has 88 valence electrons. The molecular formula is C11H12F2O2S. The summed E-state index contributed by atoms with van der Waals surface area (Å²) in [5.74, 6) is -2.81. The zero-order valence-corrected chi connectivity index (χ0v) is 9.56. The van der Waals surface area contributed by atoms with Crippen molar-refractivity contribution in [3.05, 3.63) is 29.8 Å². The molecule has 1 atom stereocenters. The number of rotatable bonds is 5. The van der Waals surface area contributed by atoms with Gasteiger partial charge in [-0.15, -0.1) is 11.8 Å². The summed E-state index contributed by atoms with van der Waals surface area (Å²) in [7, 11) is 0. The third-order valence-electron chi connectivity index (χ3n) is 2.00. The molecule has 1 unspecified atom stereocenters. The fourth-order valence-electron chi connectivity index (χ4n) is 1.21. The van der Waals surface area contributed by atoms with E-state index in [4.69, 9.17) is 5.11 Å². The molecule has 1 rings (SSSR count). The molecule has 0 fully saturated rings. The molecule has 0 saturated carbocycles. The lowest BCUT2D eigenvalue weighted by molar-refractivity contribution is -0.136. The van der Waals surface area contributed by atoms with Crippen LogP contribution in [-0.2, 0) is 4.79 Å². The number of carboxylic acid groups (broad SMARTS) is 1. The van der Waals surface area contributed by atoms with E-state index in [-0.39, 0.29) is 0 Å². The maximum absolute atomic E-state index is 12.9. The van der Waals surface area contributed by atoms with Gasteiger partial charge in [-0.2, -0.15) is 0 Å². The molecule has 0 heterocycles. The van der Waals surface area contributed by atoms with Crippen LogP contribution >= 0.6 is 11.8 Å². The van der Waals surface area contributed by atoms with Gasteiger partial charge in [-0.05, 0) is 24.6 Å². The molecule has 0 bridgehead atoms. The number of aliphatic carboxylic acids is 1. The molecule has 0 amide bonds. The fourth-order valence-corrected chi connectivity index (χ4v) is 2.31. The van der Waals surface area contributed by atoms with E-state index in [9.17, 15) is 13.6 Å². The van der Waals surface area contributed by atoms with Crippen LogP contribution in [0.5, 0.6) is 0 Å². The first kappa shape index (κ1) is 13.0. The maximum atomic E-state index is 12.9. The molecule has 1 N–H and O–H groups in total. The molecule has 2 nitrogen and oxygen atoms in total. The summed E-state index contributed by atoms with van der Waals surface area (Å²) in [6.45, 7) is 1.88. The average molecular weight is 246 g/mol. The molecule has 0 aromatic heterocycles. The number of thioether (sulfide) groups is 1. The highest BCUT2D eigenvalue weighted by Crippen LogP contribution is 2.27. The van der Waals surface area contributed by atoms with Gasteiger partial charge in [0.2, 0.25) is 0 Å². The summed E-state index contributed by atoms with van der Waals surface area (Å²) in [5.41, 5.74) is 0. The lowest BCUT2D eigenvalue weighted by Crippen LogP contribution is -2.15. The van der Waals surface area contributed by atoms with Crippen LogP contribution in [0.1, 0.15) is 19.8 Å². The fraction of sp³-hybridized carbons (Fsp3) is 0.364. The summed E-state index contributed by atoms with van der Waals surface area (Å²) < 4.78 is 25.5. The SMILES string of the molecule is CCCC(Sc1ccc(F)c(F)c1)C(=O)O. The number of carbonyl (C=O) groups is 1. The van der Waals surface area contributed by atoms with Crippen LogP contribution in [0, 0.1) is 11.6 Å². The van der Waals surface area contributed by atoms with Gasteiger partial charge in [0.1, 0.15) is 5.25 Å². The summed E-state index contributed by atoms with van der Waals surface area (Å²) in [6, 6.07) is 3.41. The Morgan fingerprint density at radius 3 is 2.62 bits per heavy atom. The minimum atomic E-state index is -0.953. The minimum absolute atomic E-state index is 0.430. The second-order valence-corrected chi connectivity index (χ2v) is 4.59. The molecule has 5 heteroatoms. The first-order valence-corrected chi connectivity index (χ1v) is 5.77. The van der Waals surface area contributed by atoms with Gasteiger partial charge < -0.3 is 5.11 Å². The second kappa shape index (κ2) is 5.84. The van der Waals surface area contributed by atoms with E-state index >= 15 is 0 Å². The predicted octanol–water partition coefficient (Wildman–Crippen LogP) is 3.31. The van der Waals surface area contributed by atoms with E-state index in [0.29, 0.717) is 11.3 Å². The lowest BCUT2D eigenvalue weighted by Gasteiger charge is -2.10.